The van der Waals surface area contributed by atoms with E-state index in [1.165, 1.54) is 6.26 Å². The van der Waals surface area contributed by atoms with E-state index in [4.69, 9.17) is 4.74 Å². The van der Waals surface area contributed by atoms with Gasteiger partial charge in [0.25, 0.3) is 0 Å². The van der Waals surface area contributed by atoms with Gasteiger partial charge in [-0.2, -0.15) is 0 Å². The molecule has 0 saturated carbocycles. The van der Waals surface area contributed by atoms with Crippen LogP contribution in [0.15, 0.2) is 97.6 Å². The number of hydrogen-bond donors (Lipinski definition) is 0. The molecular formula is C23H25NO. The zero-order valence-corrected chi connectivity index (χ0v) is 14.8. The van der Waals surface area contributed by atoms with Gasteiger partial charge in [0, 0.05) is 11.8 Å². The first kappa shape index (κ1) is 19.9. The Hall–Kier alpha value is -3.13. The predicted molar refractivity (Wildman–Crippen MR) is 110 cm³/mol. The lowest BCUT2D eigenvalue weighted by atomic mass is 10.1. The predicted octanol–water partition coefficient (Wildman–Crippen LogP) is 4.43. The molecule has 2 heteroatoms. The maximum absolute atomic E-state index is 5.36. The van der Waals surface area contributed by atoms with Gasteiger partial charge < -0.3 is 4.74 Å². The van der Waals surface area contributed by atoms with E-state index in [0.29, 0.717) is 11.5 Å². The molecule has 2 nitrogen and oxygen atoms in total. The van der Waals surface area contributed by atoms with Crippen molar-refractivity contribution in [2.45, 2.75) is 6.92 Å². The van der Waals surface area contributed by atoms with Crippen LogP contribution >= 0.6 is 0 Å². The molecule has 0 spiro atoms. The lowest BCUT2D eigenvalue weighted by Crippen LogP contribution is -2.08. The molecule has 0 fully saturated rings. The van der Waals surface area contributed by atoms with Crippen LogP contribution in [-0.2, 0) is 4.74 Å². The number of nitrogens with zero attached hydrogens (tertiary/aromatic N) is 1. The number of aliphatic imine (C=N–C) groups is 1. The maximum atomic E-state index is 5.36. The average Bonchev–Trinajstić information content (AvgIpc) is 2.59. The van der Waals surface area contributed by atoms with Crippen LogP contribution in [-0.4, -0.2) is 5.71 Å². The second-order valence-corrected chi connectivity index (χ2v) is 5.42. The van der Waals surface area contributed by atoms with Crippen molar-refractivity contribution in [3.05, 3.63) is 109 Å². The van der Waals surface area contributed by atoms with Crippen molar-refractivity contribution < 1.29 is 4.74 Å². The third-order valence-corrected chi connectivity index (χ3v) is 3.28. The summed E-state index contributed by atoms with van der Waals surface area (Å²) < 4.78 is 5.36. The van der Waals surface area contributed by atoms with E-state index in [1.807, 2.05) is 61.5 Å². The second-order valence-electron chi connectivity index (χ2n) is 5.42. The summed E-state index contributed by atoms with van der Waals surface area (Å²) in [6, 6.07) is 13.4. The molecule has 0 radical (unpaired) electrons. The fourth-order valence-electron chi connectivity index (χ4n) is 1.85. The number of rotatable bonds is 7. The first-order valence-corrected chi connectivity index (χ1v) is 7.94. The number of hydrogen-bond acceptors (Lipinski definition) is 2. The molecule has 1 aromatic rings. The van der Waals surface area contributed by atoms with Crippen molar-refractivity contribution in [1.82, 2.24) is 0 Å². The summed E-state index contributed by atoms with van der Waals surface area (Å²) in [4.78, 5) is 4.52. The van der Waals surface area contributed by atoms with Crippen LogP contribution in [0.3, 0.4) is 0 Å². The Morgan fingerprint density at radius 2 is 1.76 bits per heavy atom. The molecule has 1 unspecified atom stereocenters. The van der Waals surface area contributed by atoms with Gasteiger partial charge in [-0.15, -0.1) is 6.58 Å². The molecule has 0 heterocycles. The smallest absolute Gasteiger partial charge is 0.145 e. The normalized spacial score (nSPS) is 12.1. The van der Waals surface area contributed by atoms with Crippen molar-refractivity contribution in [3.63, 3.8) is 0 Å². The van der Waals surface area contributed by atoms with E-state index in [2.05, 4.69) is 37.9 Å². The van der Waals surface area contributed by atoms with Gasteiger partial charge in [0.05, 0.1) is 6.26 Å². The zero-order valence-electron chi connectivity index (χ0n) is 14.8. The van der Waals surface area contributed by atoms with Crippen LogP contribution in [0.1, 0.15) is 12.5 Å². The lowest BCUT2D eigenvalue weighted by Gasteiger charge is -2.07. The van der Waals surface area contributed by atoms with Crippen LogP contribution in [0.5, 0.6) is 0 Å². The monoisotopic (exact) mass is 331 g/mol. The average molecular weight is 331 g/mol. The Morgan fingerprint density at radius 3 is 2.40 bits per heavy atom. The van der Waals surface area contributed by atoms with Crippen molar-refractivity contribution >= 4 is 18.9 Å². The molecule has 0 aliphatic rings. The van der Waals surface area contributed by atoms with Gasteiger partial charge in [0.1, 0.15) is 11.5 Å². The summed E-state index contributed by atoms with van der Waals surface area (Å²) >= 11 is 0. The summed E-state index contributed by atoms with van der Waals surface area (Å²) in [6.45, 7) is 21.3. The van der Waals surface area contributed by atoms with Crippen LogP contribution in [0, 0.1) is 5.92 Å². The molecular weight excluding hydrogens is 306 g/mol. The fraction of sp³-hybridized carbons (Fsp3) is 0.0870. The van der Waals surface area contributed by atoms with Crippen molar-refractivity contribution in [3.8, 4) is 0 Å². The van der Waals surface area contributed by atoms with E-state index in [0.717, 1.165) is 16.0 Å². The largest absolute Gasteiger partial charge is 0.464 e. The van der Waals surface area contributed by atoms with Crippen molar-refractivity contribution in [2.24, 2.45) is 10.9 Å². The molecule has 0 N–H and O–H groups in total. The number of allylic oxidation sites excluding steroid dienone is 3. The molecule has 0 saturated heterocycles. The summed E-state index contributed by atoms with van der Waals surface area (Å²) in [6.07, 6.45) is 6.83. The molecule has 0 aliphatic heterocycles. The SMILES string of the molecule is C=COC(=C)C(=N/C=C\C(C)C=C)c1ccc(=C)ccccc(=C)c1. The summed E-state index contributed by atoms with van der Waals surface area (Å²) in [5.74, 6) is 0.617. The van der Waals surface area contributed by atoms with E-state index in [9.17, 15) is 0 Å². The van der Waals surface area contributed by atoms with Crippen LogP contribution in [0.25, 0.3) is 13.2 Å². The first-order chi connectivity index (χ1) is 12.0. The van der Waals surface area contributed by atoms with Crippen LogP contribution in [0.4, 0.5) is 0 Å². The molecule has 1 atom stereocenters. The third kappa shape index (κ3) is 7.32. The first-order valence-electron chi connectivity index (χ1n) is 7.94. The third-order valence-electron chi connectivity index (χ3n) is 3.28. The highest BCUT2D eigenvalue weighted by atomic mass is 16.5. The van der Waals surface area contributed by atoms with Gasteiger partial charge in [-0.05, 0) is 22.4 Å². The quantitative estimate of drug-likeness (QED) is 0.411. The Labute approximate surface area is 150 Å². The Morgan fingerprint density at radius 1 is 1.08 bits per heavy atom. The highest BCUT2D eigenvalue weighted by Gasteiger charge is 2.07. The van der Waals surface area contributed by atoms with Gasteiger partial charge in [0.2, 0.25) is 0 Å². The van der Waals surface area contributed by atoms with Crippen LogP contribution < -0.4 is 10.4 Å². The molecule has 0 bridgehead atoms. The van der Waals surface area contributed by atoms with Crippen molar-refractivity contribution in [1.29, 1.82) is 0 Å². The summed E-state index contributed by atoms with van der Waals surface area (Å²) in [7, 11) is 0. The van der Waals surface area contributed by atoms with Gasteiger partial charge in [-0.3, -0.25) is 4.99 Å². The molecule has 25 heavy (non-hydrogen) atoms. The molecule has 0 aliphatic carbocycles. The van der Waals surface area contributed by atoms with Crippen molar-refractivity contribution in [2.75, 3.05) is 0 Å². The second kappa shape index (κ2) is 10.6. The molecule has 1 aromatic carbocycles. The minimum absolute atomic E-state index is 0.218. The van der Waals surface area contributed by atoms with E-state index in [-0.39, 0.29) is 5.92 Å². The molecule has 0 aromatic heterocycles. The number of ether oxygens (including phenoxy) is 1. The van der Waals surface area contributed by atoms with Crippen LogP contribution in [0.2, 0.25) is 0 Å². The lowest BCUT2D eigenvalue weighted by molar-refractivity contribution is 0.381. The standard InChI is InChI=1S/C23H25NO/c1-7-18(3)15-16-24-23(21(6)25-8-2)22-14-13-19(4)11-9-10-12-20(5)17-22/h7-18H,1-2,4-6H2,3H3/b11-9?,12-10?,14-13?,16-15-,22-17?,24-23?. The molecule has 1 rings (SSSR count). The Kier molecular flexibility index (Phi) is 8.45. The summed E-state index contributed by atoms with van der Waals surface area (Å²) in [5.41, 5.74) is 1.41. The van der Waals surface area contributed by atoms with Gasteiger partial charge in [-0.1, -0.05) is 81.8 Å². The van der Waals surface area contributed by atoms with Gasteiger partial charge in [-0.25, -0.2) is 0 Å². The topological polar surface area (TPSA) is 21.6 Å². The van der Waals surface area contributed by atoms with E-state index < -0.39 is 0 Å². The maximum Gasteiger partial charge on any atom is 0.145 e. The molecule has 0 amide bonds. The zero-order chi connectivity index (χ0) is 18.7. The van der Waals surface area contributed by atoms with Gasteiger partial charge in [0.15, 0.2) is 0 Å². The Bertz CT molecular complexity index is 845. The summed E-state index contributed by atoms with van der Waals surface area (Å²) in [5, 5.41) is 1.70. The Balaban J connectivity index is 3.57. The fourth-order valence-corrected chi connectivity index (χ4v) is 1.85. The van der Waals surface area contributed by atoms with E-state index in [1.54, 1.807) is 6.20 Å². The molecule has 128 valence electrons. The highest BCUT2D eigenvalue weighted by molar-refractivity contribution is 6.11. The van der Waals surface area contributed by atoms with Gasteiger partial charge >= 0.3 is 0 Å². The minimum atomic E-state index is 0.218. The minimum Gasteiger partial charge on any atom is -0.464 e. The highest BCUT2D eigenvalue weighted by Crippen LogP contribution is 2.09. The van der Waals surface area contributed by atoms with E-state index >= 15 is 0 Å².